The zero-order chi connectivity index (χ0) is 38.5. The van der Waals surface area contributed by atoms with Crippen LogP contribution in [0.5, 0.6) is 0 Å². The summed E-state index contributed by atoms with van der Waals surface area (Å²) in [6.45, 7) is 4.29. The summed E-state index contributed by atoms with van der Waals surface area (Å²) in [7, 11) is 3.75. The highest BCUT2D eigenvalue weighted by Crippen LogP contribution is 2.62. The van der Waals surface area contributed by atoms with E-state index in [9.17, 15) is 0 Å². The molecule has 0 fully saturated rings. The Morgan fingerprint density at radius 1 is 0.714 bits per heavy atom. The predicted octanol–water partition coefficient (Wildman–Crippen LogP) is 11.1. The fourth-order valence-electron chi connectivity index (χ4n) is 8.26. The Morgan fingerprint density at radius 3 is 2.02 bits per heavy atom. The van der Waals surface area contributed by atoms with Crippen LogP contribution in [0.15, 0.2) is 217 Å². The highest BCUT2D eigenvalue weighted by Gasteiger charge is 2.55. The van der Waals surface area contributed by atoms with Crippen molar-refractivity contribution >= 4 is 21.8 Å². The molecular formula is C52H45N3O. The minimum absolute atomic E-state index is 0.390. The molecule has 1 atom stereocenters. The van der Waals surface area contributed by atoms with Crippen molar-refractivity contribution in [2.75, 3.05) is 20.6 Å². The van der Waals surface area contributed by atoms with Gasteiger partial charge in [-0.2, -0.15) is 0 Å². The first-order valence-electron chi connectivity index (χ1n) is 19.1. The maximum absolute atomic E-state index is 6.66. The summed E-state index contributed by atoms with van der Waals surface area (Å²) in [5.74, 6) is 1.70. The van der Waals surface area contributed by atoms with Gasteiger partial charge in [0.2, 0.25) is 0 Å². The number of para-hydroxylation sites is 2. The van der Waals surface area contributed by atoms with Gasteiger partial charge in [0, 0.05) is 34.7 Å². The zero-order valence-corrected chi connectivity index (χ0v) is 31.9. The van der Waals surface area contributed by atoms with Gasteiger partial charge in [-0.1, -0.05) is 140 Å². The maximum Gasteiger partial charge on any atom is 0.140 e. The molecule has 0 radical (unpaired) electrons. The minimum atomic E-state index is -0.608. The van der Waals surface area contributed by atoms with Gasteiger partial charge in [0.05, 0.1) is 11.0 Å². The van der Waals surface area contributed by atoms with E-state index >= 15 is 0 Å². The number of rotatable bonds is 6. The Bertz CT molecular complexity index is 2670. The molecule has 0 saturated heterocycles. The number of benzene rings is 6. The van der Waals surface area contributed by atoms with Gasteiger partial charge in [0.1, 0.15) is 16.9 Å². The van der Waals surface area contributed by atoms with E-state index in [0.717, 1.165) is 34.8 Å². The fourth-order valence-corrected chi connectivity index (χ4v) is 8.26. The van der Waals surface area contributed by atoms with Crippen molar-refractivity contribution in [1.82, 2.24) is 9.88 Å². The molecule has 10 rings (SSSR count). The van der Waals surface area contributed by atoms with Crippen molar-refractivity contribution < 1.29 is 4.74 Å². The Labute approximate surface area is 329 Å². The lowest BCUT2D eigenvalue weighted by atomic mass is 9.71. The molecule has 1 aliphatic heterocycles. The highest BCUT2D eigenvalue weighted by molar-refractivity contribution is 6.12. The van der Waals surface area contributed by atoms with Gasteiger partial charge in [0.15, 0.2) is 0 Å². The highest BCUT2D eigenvalue weighted by atomic mass is 16.5. The molecule has 4 heteroatoms. The molecule has 274 valence electrons. The molecule has 0 bridgehead atoms. The largest absolute Gasteiger partial charge is 0.459 e. The number of ether oxygens (including phenoxy) is 1. The van der Waals surface area contributed by atoms with Gasteiger partial charge in [-0.15, -0.1) is 5.73 Å². The smallest absolute Gasteiger partial charge is 0.140 e. The van der Waals surface area contributed by atoms with Crippen LogP contribution in [0.4, 0.5) is 0 Å². The lowest BCUT2D eigenvalue weighted by molar-refractivity contribution is 0.315. The SMILES string of the molecule is C=C/C=C(\C=C1/OC2=C(C=C=C2)C12c1ccccc1-c1cc3c4ccccc4n(-c4ccccc4)c3cc12)CN.CNC.c1ccc(Cc2ccccc2)cc1. The molecule has 4 nitrogen and oxygen atoms in total. The van der Waals surface area contributed by atoms with Crippen LogP contribution in [0, 0.1) is 0 Å². The van der Waals surface area contributed by atoms with Crippen LogP contribution in [0.25, 0.3) is 38.6 Å². The first kappa shape index (κ1) is 36.3. The van der Waals surface area contributed by atoms with Crippen LogP contribution in [0.2, 0.25) is 0 Å². The average molecular weight is 728 g/mol. The van der Waals surface area contributed by atoms with E-state index in [0.29, 0.717) is 6.54 Å². The van der Waals surface area contributed by atoms with Crippen molar-refractivity contribution in [3.63, 3.8) is 0 Å². The van der Waals surface area contributed by atoms with Crippen molar-refractivity contribution in [1.29, 1.82) is 0 Å². The van der Waals surface area contributed by atoms with Crippen LogP contribution >= 0.6 is 0 Å². The number of hydrogen-bond acceptors (Lipinski definition) is 3. The average Bonchev–Trinajstić information content (AvgIpc) is 3.99. The Morgan fingerprint density at radius 2 is 1.34 bits per heavy atom. The lowest BCUT2D eigenvalue weighted by Gasteiger charge is -2.29. The summed E-state index contributed by atoms with van der Waals surface area (Å²) in [4.78, 5) is 0. The Kier molecular flexibility index (Phi) is 10.4. The van der Waals surface area contributed by atoms with E-state index < -0.39 is 5.41 Å². The van der Waals surface area contributed by atoms with Gasteiger partial charge in [0.25, 0.3) is 0 Å². The summed E-state index contributed by atoms with van der Waals surface area (Å²) in [6.07, 6.45) is 10.9. The minimum Gasteiger partial charge on any atom is -0.459 e. The second kappa shape index (κ2) is 16.0. The van der Waals surface area contributed by atoms with Crippen molar-refractivity contribution in [2.45, 2.75) is 11.8 Å². The summed E-state index contributed by atoms with van der Waals surface area (Å²) >= 11 is 0. The third-order valence-corrected chi connectivity index (χ3v) is 10.5. The topological polar surface area (TPSA) is 52.2 Å². The van der Waals surface area contributed by atoms with Crippen molar-refractivity contribution in [3.05, 3.63) is 239 Å². The van der Waals surface area contributed by atoms with Gasteiger partial charge < -0.3 is 20.4 Å². The van der Waals surface area contributed by atoms with Gasteiger partial charge in [-0.3, -0.25) is 0 Å². The molecule has 3 N–H and O–H groups in total. The van der Waals surface area contributed by atoms with Crippen molar-refractivity contribution in [2.24, 2.45) is 5.73 Å². The Hall–Kier alpha value is -6.68. The Balaban J connectivity index is 0.000000231. The van der Waals surface area contributed by atoms with Crippen molar-refractivity contribution in [3.8, 4) is 16.8 Å². The maximum atomic E-state index is 6.66. The molecule has 1 spiro atoms. The lowest BCUT2D eigenvalue weighted by Crippen LogP contribution is -2.27. The van der Waals surface area contributed by atoms with Crippen LogP contribution in [0.3, 0.4) is 0 Å². The molecule has 3 aliphatic rings. The van der Waals surface area contributed by atoms with E-state index in [1.54, 1.807) is 6.08 Å². The number of nitrogens with one attached hydrogen (secondary N) is 1. The van der Waals surface area contributed by atoms with Crippen LogP contribution in [-0.4, -0.2) is 25.2 Å². The van der Waals surface area contributed by atoms with E-state index in [1.165, 1.54) is 55.2 Å². The first-order valence-corrected chi connectivity index (χ1v) is 19.1. The molecule has 2 aliphatic carbocycles. The van der Waals surface area contributed by atoms with E-state index in [-0.39, 0.29) is 0 Å². The van der Waals surface area contributed by atoms with E-state index in [4.69, 9.17) is 10.5 Å². The predicted molar refractivity (Wildman–Crippen MR) is 234 cm³/mol. The summed E-state index contributed by atoms with van der Waals surface area (Å²) < 4.78 is 9.03. The normalized spacial score (nSPS) is 16.6. The second-order valence-electron chi connectivity index (χ2n) is 14.1. The molecule has 1 unspecified atom stereocenters. The summed E-state index contributed by atoms with van der Waals surface area (Å²) in [6, 6.07) is 53.8. The molecule has 1 aromatic heterocycles. The molecule has 7 aromatic rings. The molecule has 0 amide bonds. The van der Waals surface area contributed by atoms with Gasteiger partial charge in [-0.05, 0) is 102 Å². The third-order valence-electron chi connectivity index (χ3n) is 10.5. The monoisotopic (exact) mass is 727 g/mol. The zero-order valence-electron chi connectivity index (χ0n) is 31.9. The number of hydrogen-bond donors (Lipinski definition) is 2. The fraction of sp³-hybridized carbons (Fsp3) is 0.0962. The number of aromatic nitrogens is 1. The van der Waals surface area contributed by atoms with E-state index in [2.05, 4.69) is 186 Å². The quantitative estimate of drug-likeness (QED) is 0.132. The number of fused-ring (bicyclic) bond motifs is 9. The van der Waals surface area contributed by atoms with Gasteiger partial charge in [-0.25, -0.2) is 0 Å². The molecule has 2 heterocycles. The number of allylic oxidation sites excluding steroid dienone is 4. The third kappa shape index (κ3) is 6.36. The summed E-state index contributed by atoms with van der Waals surface area (Å²) in [5, 5.41) is 5.22. The van der Waals surface area contributed by atoms with Crippen LogP contribution in [0.1, 0.15) is 22.3 Å². The molecule has 6 aromatic carbocycles. The van der Waals surface area contributed by atoms with Crippen LogP contribution < -0.4 is 11.1 Å². The number of nitrogens with two attached hydrogens (primary N) is 1. The summed E-state index contributed by atoms with van der Waals surface area (Å²) in [5.41, 5.74) is 22.1. The second-order valence-corrected chi connectivity index (χ2v) is 14.1. The molecule has 56 heavy (non-hydrogen) atoms. The van der Waals surface area contributed by atoms with Crippen LogP contribution in [-0.2, 0) is 16.6 Å². The van der Waals surface area contributed by atoms with Gasteiger partial charge >= 0.3 is 0 Å². The number of nitrogens with zero attached hydrogens (tertiary/aromatic N) is 1. The molecule has 0 saturated carbocycles. The molecular weight excluding hydrogens is 683 g/mol. The first-order chi connectivity index (χ1) is 27.6. The standard InChI is InChI=1S/C37H26N2O.C13H12.C2H7N/c1-2-11-24(23-38)20-36-37(31-17-10-19-35(31)40-36)30-16-8-6-14-26(30)28-21-29-27-15-7-9-18-33(27)39(34(29)22-32(28)37)25-12-4-3-5-13-25;1-3-7-12(8-4-1)11-13-9-5-2-6-10-13;1-3-2/h2-9,11-22H,1,23,38H2;1-10H,11H2;3H,1-2H3/b24-11+,36-20-;;. The van der Waals surface area contributed by atoms with E-state index in [1.807, 2.05) is 26.2 Å².